The van der Waals surface area contributed by atoms with Crippen LogP contribution in [0, 0.1) is 0 Å². The van der Waals surface area contributed by atoms with E-state index in [4.69, 9.17) is 14.2 Å². The van der Waals surface area contributed by atoms with Crippen LogP contribution in [-0.2, 0) is 20.8 Å². The van der Waals surface area contributed by atoms with E-state index in [1.54, 1.807) is 6.92 Å². The predicted octanol–water partition coefficient (Wildman–Crippen LogP) is 1.66. The average molecular weight is 332 g/mol. The Balaban J connectivity index is 1.54. The Labute approximate surface area is 142 Å². The first-order chi connectivity index (χ1) is 11.6. The Kier molecular flexibility index (Phi) is 5.25. The van der Waals surface area contributed by atoms with Crippen molar-refractivity contribution in [3.05, 3.63) is 41.3 Å². The minimum Gasteiger partial charge on any atom is -0.491 e. The van der Waals surface area contributed by atoms with E-state index in [2.05, 4.69) is 23.2 Å². The molecule has 3 rings (SSSR count). The van der Waals surface area contributed by atoms with Crippen LogP contribution in [0.5, 0.6) is 5.75 Å². The van der Waals surface area contributed by atoms with Gasteiger partial charge in [0.1, 0.15) is 30.8 Å². The van der Waals surface area contributed by atoms with E-state index >= 15 is 0 Å². The smallest absolute Gasteiger partial charge is 0.289 e. The third-order valence-electron chi connectivity index (χ3n) is 4.10. The molecule has 0 unspecified atom stereocenters. The van der Waals surface area contributed by atoms with Crippen molar-refractivity contribution in [3.8, 4) is 5.75 Å². The Hall–Kier alpha value is -2.21. The molecule has 0 radical (unpaired) electrons. The van der Waals surface area contributed by atoms with Crippen LogP contribution in [0.4, 0.5) is 0 Å². The lowest BCUT2D eigenvalue weighted by Crippen LogP contribution is -2.39. The van der Waals surface area contributed by atoms with Gasteiger partial charge in [0.2, 0.25) is 5.76 Å². The molecule has 1 amide bonds. The highest BCUT2D eigenvalue weighted by Gasteiger charge is 2.21. The molecule has 0 bridgehead atoms. The van der Waals surface area contributed by atoms with Crippen molar-refractivity contribution in [2.24, 2.45) is 0 Å². The zero-order chi connectivity index (χ0) is 16.9. The number of fused-ring (bicyclic) bond motifs is 1. The summed E-state index contributed by atoms with van der Waals surface area (Å²) in [5.74, 6) is 1.57. The molecule has 1 aromatic rings. The standard InChI is InChI=1S/C18H24N2O4/c1-13-11-20(12-15-5-3-4-6-16(15)24-13)8-7-19-18(21)17-14(2)22-9-10-23-17/h3-6,13H,7-12H2,1-2H3,(H,19,21)/t13-/m0/s1. The number of nitrogens with one attached hydrogen (secondary N) is 1. The molecule has 0 spiro atoms. The number of ether oxygens (including phenoxy) is 3. The van der Waals surface area contributed by atoms with Gasteiger partial charge in [-0.1, -0.05) is 18.2 Å². The van der Waals surface area contributed by atoms with Gasteiger partial charge in [0.25, 0.3) is 5.91 Å². The van der Waals surface area contributed by atoms with Crippen LogP contribution >= 0.6 is 0 Å². The summed E-state index contributed by atoms with van der Waals surface area (Å²) in [6.07, 6.45) is 0.115. The van der Waals surface area contributed by atoms with Crippen LogP contribution in [0.2, 0.25) is 0 Å². The van der Waals surface area contributed by atoms with Crippen LogP contribution in [-0.4, -0.2) is 49.8 Å². The van der Waals surface area contributed by atoms with E-state index in [9.17, 15) is 4.79 Å². The second-order valence-corrected chi connectivity index (χ2v) is 6.11. The van der Waals surface area contributed by atoms with E-state index in [1.165, 1.54) is 5.56 Å². The van der Waals surface area contributed by atoms with Crippen LogP contribution < -0.4 is 10.1 Å². The molecular weight excluding hydrogens is 308 g/mol. The number of carbonyl (C=O) groups excluding carboxylic acids is 1. The molecule has 0 fully saturated rings. The number of para-hydroxylation sites is 1. The Morgan fingerprint density at radius 2 is 2.08 bits per heavy atom. The van der Waals surface area contributed by atoms with Crippen molar-refractivity contribution in [3.63, 3.8) is 0 Å². The number of hydrogen-bond donors (Lipinski definition) is 1. The first-order valence-electron chi connectivity index (χ1n) is 8.35. The lowest BCUT2D eigenvalue weighted by Gasteiger charge is -2.23. The summed E-state index contributed by atoms with van der Waals surface area (Å²) < 4.78 is 16.7. The highest BCUT2D eigenvalue weighted by Crippen LogP contribution is 2.24. The summed E-state index contributed by atoms with van der Waals surface area (Å²) in [4.78, 5) is 14.5. The average Bonchev–Trinajstić information content (AvgIpc) is 2.72. The third-order valence-corrected chi connectivity index (χ3v) is 4.10. The fraction of sp³-hybridized carbons (Fsp3) is 0.500. The molecule has 0 saturated heterocycles. The van der Waals surface area contributed by atoms with Gasteiger partial charge in [0.05, 0.1) is 0 Å². The molecule has 0 aromatic heterocycles. The van der Waals surface area contributed by atoms with Crippen molar-refractivity contribution < 1.29 is 19.0 Å². The number of carbonyl (C=O) groups is 1. The van der Waals surface area contributed by atoms with Gasteiger partial charge >= 0.3 is 0 Å². The minimum atomic E-state index is -0.216. The monoisotopic (exact) mass is 332 g/mol. The van der Waals surface area contributed by atoms with E-state index < -0.39 is 0 Å². The van der Waals surface area contributed by atoms with E-state index in [0.29, 0.717) is 31.3 Å². The molecule has 1 atom stereocenters. The zero-order valence-corrected chi connectivity index (χ0v) is 14.2. The third kappa shape index (κ3) is 4.00. The van der Waals surface area contributed by atoms with Gasteiger partial charge in [-0.15, -0.1) is 0 Å². The Morgan fingerprint density at radius 1 is 1.29 bits per heavy atom. The number of amides is 1. The lowest BCUT2D eigenvalue weighted by atomic mass is 10.2. The highest BCUT2D eigenvalue weighted by molar-refractivity contribution is 5.91. The summed E-state index contributed by atoms with van der Waals surface area (Å²) in [5.41, 5.74) is 1.18. The van der Waals surface area contributed by atoms with Gasteiger partial charge in [0.15, 0.2) is 0 Å². The molecule has 6 heteroatoms. The van der Waals surface area contributed by atoms with Gasteiger partial charge < -0.3 is 19.5 Å². The number of hydrogen-bond acceptors (Lipinski definition) is 5. The molecule has 0 saturated carbocycles. The van der Waals surface area contributed by atoms with Crippen LogP contribution in [0.15, 0.2) is 35.8 Å². The van der Waals surface area contributed by atoms with E-state index in [1.807, 2.05) is 18.2 Å². The molecule has 130 valence electrons. The van der Waals surface area contributed by atoms with Gasteiger partial charge in [0, 0.05) is 31.7 Å². The van der Waals surface area contributed by atoms with Gasteiger partial charge in [-0.3, -0.25) is 9.69 Å². The first-order valence-corrected chi connectivity index (χ1v) is 8.35. The predicted molar refractivity (Wildman–Crippen MR) is 89.4 cm³/mol. The number of nitrogens with zero attached hydrogens (tertiary/aromatic N) is 1. The van der Waals surface area contributed by atoms with Gasteiger partial charge in [-0.25, -0.2) is 0 Å². The maximum absolute atomic E-state index is 12.2. The fourth-order valence-electron chi connectivity index (χ4n) is 2.98. The molecule has 2 aliphatic rings. The van der Waals surface area contributed by atoms with Crippen LogP contribution in [0.1, 0.15) is 19.4 Å². The largest absolute Gasteiger partial charge is 0.491 e. The topological polar surface area (TPSA) is 60.0 Å². The summed E-state index contributed by atoms with van der Waals surface area (Å²) in [6, 6.07) is 8.10. The first kappa shape index (κ1) is 16.6. The van der Waals surface area contributed by atoms with Crippen molar-refractivity contribution in [1.29, 1.82) is 0 Å². The molecule has 6 nitrogen and oxygen atoms in total. The number of allylic oxidation sites excluding steroid dienone is 1. The zero-order valence-electron chi connectivity index (χ0n) is 14.2. The van der Waals surface area contributed by atoms with E-state index in [-0.39, 0.29) is 12.0 Å². The van der Waals surface area contributed by atoms with Gasteiger partial charge in [-0.05, 0) is 19.9 Å². The summed E-state index contributed by atoms with van der Waals surface area (Å²) >= 11 is 0. The second-order valence-electron chi connectivity index (χ2n) is 6.11. The fourth-order valence-corrected chi connectivity index (χ4v) is 2.98. The van der Waals surface area contributed by atoms with E-state index in [0.717, 1.165) is 25.4 Å². The summed E-state index contributed by atoms with van der Waals surface area (Å²) in [7, 11) is 0. The molecular formula is C18H24N2O4. The van der Waals surface area contributed by atoms with Crippen molar-refractivity contribution in [1.82, 2.24) is 10.2 Å². The van der Waals surface area contributed by atoms with Crippen molar-refractivity contribution in [2.45, 2.75) is 26.5 Å². The lowest BCUT2D eigenvalue weighted by molar-refractivity contribution is -0.122. The second kappa shape index (κ2) is 7.57. The number of rotatable bonds is 4. The molecule has 2 heterocycles. The number of benzene rings is 1. The summed E-state index contributed by atoms with van der Waals surface area (Å²) in [5, 5.41) is 2.91. The maximum Gasteiger partial charge on any atom is 0.289 e. The SMILES string of the molecule is CC1=C(C(=O)NCCN2Cc3ccccc3O[C@@H](C)C2)OCCO1. The normalized spacial score (nSPS) is 21.0. The Morgan fingerprint density at radius 3 is 2.92 bits per heavy atom. The Bertz CT molecular complexity index is 629. The van der Waals surface area contributed by atoms with Crippen molar-refractivity contribution in [2.75, 3.05) is 32.8 Å². The molecule has 2 aliphatic heterocycles. The molecule has 1 N–H and O–H groups in total. The molecule has 24 heavy (non-hydrogen) atoms. The van der Waals surface area contributed by atoms with Crippen LogP contribution in [0.3, 0.4) is 0 Å². The molecule has 1 aromatic carbocycles. The highest BCUT2D eigenvalue weighted by atomic mass is 16.6. The quantitative estimate of drug-likeness (QED) is 0.909. The van der Waals surface area contributed by atoms with Gasteiger partial charge in [-0.2, -0.15) is 0 Å². The van der Waals surface area contributed by atoms with Crippen LogP contribution in [0.25, 0.3) is 0 Å². The van der Waals surface area contributed by atoms with Crippen molar-refractivity contribution >= 4 is 5.91 Å². The minimum absolute atomic E-state index is 0.115. The maximum atomic E-state index is 12.2. The molecule has 0 aliphatic carbocycles. The summed E-state index contributed by atoms with van der Waals surface area (Å²) in [6.45, 7) is 7.66.